The predicted octanol–water partition coefficient (Wildman–Crippen LogP) is 2.26. The first kappa shape index (κ1) is 66.2. The van der Waals surface area contributed by atoms with Crippen molar-refractivity contribution in [1.82, 2.24) is 40.3 Å². The quantitative estimate of drug-likeness (QED) is 0.0561. The van der Waals surface area contributed by atoms with Gasteiger partial charge in [-0.3, -0.25) is 34.7 Å². The van der Waals surface area contributed by atoms with Crippen molar-refractivity contribution in [2.75, 3.05) is 93.2 Å². The van der Waals surface area contributed by atoms with Crippen LogP contribution in [0.2, 0.25) is 5.02 Å². The van der Waals surface area contributed by atoms with E-state index >= 15 is 0 Å². The van der Waals surface area contributed by atoms with Gasteiger partial charge in [-0.25, -0.2) is 14.6 Å². The summed E-state index contributed by atoms with van der Waals surface area (Å²) in [6.07, 6.45) is -0.521. The van der Waals surface area contributed by atoms with E-state index in [-0.39, 0.29) is 61.8 Å². The minimum absolute atomic E-state index is 0.0434. The summed E-state index contributed by atoms with van der Waals surface area (Å²) in [6, 6.07) is 11.9. The van der Waals surface area contributed by atoms with Crippen LogP contribution in [-0.4, -0.2) is 210 Å². The van der Waals surface area contributed by atoms with Gasteiger partial charge in [0, 0.05) is 84.9 Å². The summed E-state index contributed by atoms with van der Waals surface area (Å²) in [7, 11) is 9.30. The minimum Gasteiger partial charge on any atom is -0.495 e. The van der Waals surface area contributed by atoms with Crippen LogP contribution in [-0.2, 0) is 62.5 Å². The second-order valence-electron chi connectivity index (χ2n) is 21.2. The van der Waals surface area contributed by atoms with Crippen LogP contribution < -0.4 is 25.7 Å². The number of aromatic nitrogens is 1. The number of fused-ring (bicyclic) bond motifs is 5. The van der Waals surface area contributed by atoms with Gasteiger partial charge in [0.05, 0.1) is 57.7 Å². The van der Waals surface area contributed by atoms with Crippen molar-refractivity contribution in [2.45, 2.75) is 115 Å². The molecule has 1 saturated heterocycles. The number of carbonyl (C=O) groups excluding carboxylic acids is 7. The van der Waals surface area contributed by atoms with Crippen LogP contribution in [0.15, 0.2) is 66.3 Å². The molecule has 2 aromatic carbocycles. The van der Waals surface area contributed by atoms with E-state index in [1.165, 1.54) is 47.1 Å². The number of ether oxygens (including phenoxy) is 4. The standard InChI is InChI=1S/C57H82ClN9O15/c1-36-14-13-17-46(80-10)57(78)32-45(81-55(76)61-57)37(2)31-56(4,77)47(30-50(72)64(8)43-27-39(26-36)28-44(79-9)53(43)58)82-54(75)38(3)63(7)49(71)19-20-65(22-24-68)52(74)35-66(23-25-69)51(73)33-60-48(70)18-21-67-41(34-62(6)59-5)29-40-15-11-12-16-42(40)67/h11-17,27-29,37-38,45-47,59,68-69,77-78H,18-26,30-35H2,1-10H3,(H,60,70)(H,61,76)/b17-13+,36-14+/t37-,38-,45-,46+,47-,56+,57-/m0/s1. The molecule has 24 nitrogen and oxygen atoms in total. The van der Waals surface area contributed by atoms with Crippen LogP contribution in [0.5, 0.6) is 5.75 Å². The summed E-state index contributed by atoms with van der Waals surface area (Å²) in [5, 5.41) is 52.1. The molecule has 0 radical (unpaired) electrons. The molecular weight excluding hydrogens is 1090 g/mol. The Morgan fingerprint density at radius 1 is 0.963 bits per heavy atom. The predicted molar refractivity (Wildman–Crippen MR) is 305 cm³/mol. The molecule has 7 atom stereocenters. The van der Waals surface area contributed by atoms with E-state index in [0.29, 0.717) is 25.1 Å². The summed E-state index contributed by atoms with van der Waals surface area (Å²) in [6.45, 7) is 4.36. The van der Waals surface area contributed by atoms with Crippen molar-refractivity contribution < 1.29 is 72.9 Å². The van der Waals surface area contributed by atoms with Gasteiger partial charge in [-0.15, -0.1) is 0 Å². The Hall–Kier alpha value is -6.64. The second-order valence-corrected chi connectivity index (χ2v) is 21.6. The van der Waals surface area contributed by atoms with Crippen molar-refractivity contribution in [3.05, 3.63) is 82.5 Å². The fourth-order valence-corrected chi connectivity index (χ4v) is 10.3. The maximum absolute atomic E-state index is 14.4. The monoisotopic (exact) mass is 1170 g/mol. The average Bonchev–Trinajstić information content (AvgIpc) is 3.89. The van der Waals surface area contributed by atoms with E-state index in [4.69, 9.17) is 30.5 Å². The van der Waals surface area contributed by atoms with E-state index in [9.17, 15) is 54.0 Å². The number of likely N-dealkylation sites (N-methyl/N-ethyl adjacent to an activating group) is 1. The number of aliphatic hydroxyl groups is 4. The molecule has 82 heavy (non-hydrogen) atoms. The van der Waals surface area contributed by atoms with E-state index in [2.05, 4.69) is 22.1 Å². The number of alkyl carbamates (subject to hydrolysis) is 1. The molecule has 4 bridgehead atoms. The van der Waals surface area contributed by atoms with Gasteiger partial charge >= 0.3 is 12.1 Å². The minimum atomic E-state index is -2.04. The molecule has 1 aromatic heterocycles. The lowest BCUT2D eigenvalue weighted by molar-refractivity contribution is -0.176. The molecule has 5 rings (SSSR count). The summed E-state index contributed by atoms with van der Waals surface area (Å²) in [5.74, 6) is -4.50. The molecule has 452 valence electrons. The second kappa shape index (κ2) is 30.1. The number of hydrogen-bond donors (Lipinski definition) is 7. The van der Waals surface area contributed by atoms with Gasteiger partial charge in [0.1, 0.15) is 35.1 Å². The topological polar surface area (TPSA) is 295 Å². The highest BCUT2D eigenvalue weighted by molar-refractivity contribution is 6.35. The normalized spacial score (nSPS) is 23.0. The lowest BCUT2D eigenvalue weighted by Gasteiger charge is -2.43. The number of hydrogen-bond acceptors (Lipinski definition) is 17. The molecule has 2 aliphatic rings. The molecule has 0 saturated carbocycles. The maximum Gasteiger partial charge on any atom is 0.409 e. The van der Waals surface area contributed by atoms with E-state index in [1.54, 1.807) is 44.3 Å². The number of aryl methyl sites for hydroxylation is 1. The fourth-order valence-electron chi connectivity index (χ4n) is 10.00. The first-order valence-corrected chi connectivity index (χ1v) is 27.6. The Bertz CT molecular complexity index is 2810. The largest absolute Gasteiger partial charge is 0.495 e. The fraction of sp³-hybridized carbons (Fsp3) is 0.561. The highest BCUT2D eigenvalue weighted by Crippen LogP contribution is 2.39. The van der Waals surface area contributed by atoms with Crippen molar-refractivity contribution >= 4 is 69.8 Å². The number of carbonyl (C=O) groups is 7. The van der Waals surface area contributed by atoms with Crippen molar-refractivity contribution in [1.29, 1.82) is 0 Å². The molecule has 3 aromatic rings. The van der Waals surface area contributed by atoms with Crippen LogP contribution in [0.25, 0.3) is 10.9 Å². The van der Waals surface area contributed by atoms with E-state index < -0.39 is 116 Å². The third-order valence-electron chi connectivity index (χ3n) is 15.0. The first-order valence-electron chi connectivity index (χ1n) is 27.2. The third-order valence-corrected chi connectivity index (χ3v) is 15.4. The maximum atomic E-state index is 14.4. The van der Waals surface area contributed by atoms with Gasteiger partial charge < -0.3 is 68.9 Å². The molecule has 0 unspecified atom stereocenters. The number of amides is 6. The van der Waals surface area contributed by atoms with Crippen molar-refractivity contribution in [3.63, 3.8) is 0 Å². The van der Waals surface area contributed by atoms with Crippen molar-refractivity contribution in [3.8, 4) is 5.75 Å². The SMILES string of the molecule is CNN(C)Cc1cc2ccccc2n1CCC(=O)NCC(=O)N(CCO)CC(=O)N(CCO)CCC(=O)N(C)[C@@H](C)C(=O)O[C@H]1CC(=O)N(C)c2cc(cc(OC)c2Cl)C/C(C)=C/C=C/[C@@H](OC)[C@@]2(O)C[C@H](OC(=O)N2)[C@@H](C)C[C@@]1(C)O. The number of hydrazine groups is 1. The van der Waals surface area contributed by atoms with E-state index in [1.807, 2.05) is 47.8 Å². The van der Waals surface area contributed by atoms with Gasteiger partial charge in [-0.1, -0.05) is 60.5 Å². The zero-order valence-corrected chi connectivity index (χ0v) is 49.4. The summed E-state index contributed by atoms with van der Waals surface area (Å²) in [4.78, 5) is 100. The van der Waals surface area contributed by atoms with E-state index in [0.717, 1.165) is 36.9 Å². The first-order chi connectivity index (χ1) is 38.8. The number of rotatable bonds is 22. The third kappa shape index (κ3) is 17.5. The highest BCUT2D eigenvalue weighted by atomic mass is 35.5. The molecule has 0 spiro atoms. The number of para-hydroxylation sites is 1. The van der Waals surface area contributed by atoms with Crippen LogP contribution in [0.4, 0.5) is 10.5 Å². The number of nitrogens with zero attached hydrogens (tertiary/aromatic N) is 6. The molecular formula is C57H82ClN9O15. The Balaban J connectivity index is 1.27. The molecule has 3 heterocycles. The van der Waals surface area contributed by atoms with Crippen LogP contribution in [0.3, 0.4) is 0 Å². The summed E-state index contributed by atoms with van der Waals surface area (Å²) < 4.78 is 24.9. The zero-order chi connectivity index (χ0) is 60.6. The summed E-state index contributed by atoms with van der Waals surface area (Å²) in [5.41, 5.74) is 2.82. The van der Waals surface area contributed by atoms with Gasteiger partial charge in [0.25, 0.3) is 0 Å². The smallest absolute Gasteiger partial charge is 0.409 e. The number of allylic oxidation sites excluding steroid dienone is 3. The zero-order valence-electron chi connectivity index (χ0n) is 48.6. The van der Waals surface area contributed by atoms with Gasteiger partial charge in [0.15, 0.2) is 5.72 Å². The average molecular weight is 1170 g/mol. The Labute approximate surface area is 483 Å². The van der Waals surface area contributed by atoms with Crippen LogP contribution >= 0.6 is 11.6 Å². The number of esters is 1. The van der Waals surface area contributed by atoms with Gasteiger partial charge in [0.2, 0.25) is 29.5 Å². The van der Waals surface area contributed by atoms with Crippen molar-refractivity contribution in [2.24, 2.45) is 5.92 Å². The number of anilines is 1. The Kier molecular flexibility index (Phi) is 24.3. The molecule has 7 N–H and O–H groups in total. The van der Waals surface area contributed by atoms with Crippen LogP contribution in [0, 0.1) is 5.92 Å². The Morgan fingerprint density at radius 2 is 1.66 bits per heavy atom. The molecule has 6 amide bonds. The molecule has 2 aliphatic heterocycles. The highest BCUT2D eigenvalue weighted by Gasteiger charge is 2.49. The van der Waals surface area contributed by atoms with Gasteiger partial charge in [-0.05, 0) is 81.8 Å². The number of halogens is 1. The summed E-state index contributed by atoms with van der Waals surface area (Å²) >= 11 is 6.80. The van der Waals surface area contributed by atoms with Crippen LogP contribution in [0.1, 0.15) is 71.1 Å². The van der Waals surface area contributed by atoms with Gasteiger partial charge in [-0.2, -0.15) is 0 Å². The number of benzene rings is 2. The number of nitrogens with one attached hydrogen (secondary N) is 3. The molecule has 0 aliphatic carbocycles. The lowest BCUT2D eigenvalue weighted by atomic mass is 9.81. The molecule has 25 heteroatoms. The number of methoxy groups -OCH3 is 2. The number of aliphatic hydroxyl groups excluding tert-OH is 2. The Morgan fingerprint density at radius 3 is 2.33 bits per heavy atom. The lowest BCUT2D eigenvalue weighted by Crippen LogP contribution is -2.63. The molecule has 1 fully saturated rings.